The topological polar surface area (TPSA) is 115 Å². The van der Waals surface area contributed by atoms with Gasteiger partial charge in [-0.15, -0.1) is 0 Å². The van der Waals surface area contributed by atoms with Crippen molar-refractivity contribution in [1.29, 1.82) is 5.26 Å². The number of aliphatic hydroxyl groups is 1. The van der Waals surface area contributed by atoms with Gasteiger partial charge in [-0.3, -0.25) is 14.6 Å². The highest BCUT2D eigenvalue weighted by Crippen LogP contribution is 2.63. The highest BCUT2D eigenvalue weighted by molar-refractivity contribution is 5.94. The van der Waals surface area contributed by atoms with E-state index in [1.54, 1.807) is 36.7 Å². The van der Waals surface area contributed by atoms with Crippen molar-refractivity contribution < 1.29 is 14.7 Å². The number of pyridine rings is 1. The third-order valence-corrected chi connectivity index (χ3v) is 8.45. The van der Waals surface area contributed by atoms with E-state index in [4.69, 9.17) is 5.26 Å². The number of carbonyl (C=O) groups excluding carboxylic acids is 2. The lowest BCUT2D eigenvalue weighted by Gasteiger charge is -2.50. The second-order valence-corrected chi connectivity index (χ2v) is 11.5. The number of hydrogen-bond donors (Lipinski definition) is 3. The molecule has 3 N–H and O–H groups in total. The lowest BCUT2D eigenvalue weighted by Crippen LogP contribution is -2.52. The maximum Gasteiger partial charge on any atom is 0.251 e. The summed E-state index contributed by atoms with van der Waals surface area (Å²) in [5, 5.41) is 26.3. The van der Waals surface area contributed by atoms with Crippen LogP contribution < -0.4 is 10.6 Å². The zero-order chi connectivity index (χ0) is 26.0. The number of hydrogen-bond acceptors (Lipinski definition) is 5. The van der Waals surface area contributed by atoms with E-state index in [1.807, 2.05) is 19.1 Å². The Balaban J connectivity index is 1.52. The molecule has 2 fully saturated rings. The molecule has 0 bridgehead atoms. The molecule has 1 heterocycles. The highest BCUT2D eigenvalue weighted by atomic mass is 16.3. The number of benzene rings is 1. The first-order valence-corrected chi connectivity index (χ1v) is 12.7. The van der Waals surface area contributed by atoms with Gasteiger partial charge < -0.3 is 15.7 Å². The van der Waals surface area contributed by atoms with E-state index < -0.39 is 5.60 Å². The summed E-state index contributed by atoms with van der Waals surface area (Å²) in [5.74, 6) is -0.0176. The first-order chi connectivity index (χ1) is 17.0. The van der Waals surface area contributed by atoms with Crippen LogP contribution in [0.2, 0.25) is 0 Å². The standard InChI is InChI=1S/C29H36N4O3/c1-27(2)16-24(33-26(35)22-8-6-20(17-30)7-9-22)29(13-12-28(3,36)15-23(27)29)11-10-25(34)32-19-21-5-4-14-31-18-21/h4-9,14,18,23-24,36H,10-13,15-16,19H2,1-3H3,(H,32,34)(H,33,35)/t23-,24-,28+,29+/m0/s1. The Morgan fingerprint density at radius 3 is 2.56 bits per heavy atom. The number of nitrogens with zero attached hydrogens (tertiary/aromatic N) is 2. The van der Waals surface area contributed by atoms with Gasteiger partial charge in [0.05, 0.1) is 17.2 Å². The van der Waals surface area contributed by atoms with Gasteiger partial charge >= 0.3 is 0 Å². The van der Waals surface area contributed by atoms with Crippen LogP contribution in [0.5, 0.6) is 0 Å². The van der Waals surface area contributed by atoms with E-state index in [2.05, 4.69) is 35.5 Å². The van der Waals surface area contributed by atoms with Crippen LogP contribution in [0, 0.1) is 28.1 Å². The normalized spacial score (nSPS) is 28.5. The number of nitriles is 1. The number of nitrogens with one attached hydrogen (secondary N) is 2. The van der Waals surface area contributed by atoms with Crippen LogP contribution in [0.1, 0.15) is 80.8 Å². The molecule has 0 aliphatic heterocycles. The Morgan fingerprint density at radius 2 is 1.89 bits per heavy atom. The number of aromatic nitrogens is 1. The molecule has 2 aliphatic rings. The first kappa shape index (κ1) is 25.8. The van der Waals surface area contributed by atoms with Crippen LogP contribution in [0.15, 0.2) is 48.8 Å². The van der Waals surface area contributed by atoms with Crippen molar-refractivity contribution in [1.82, 2.24) is 15.6 Å². The summed E-state index contributed by atoms with van der Waals surface area (Å²) in [6.07, 6.45) is 7.28. The maximum atomic E-state index is 13.2. The van der Waals surface area contributed by atoms with Crippen LogP contribution >= 0.6 is 0 Å². The van der Waals surface area contributed by atoms with Gasteiger partial charge in [0.1, 0.15) is 0 Å². The summed E-state index contributed by atoms with van der Waals surface area (Å²) in [4.78, 5) is 30.2. The SMILES string of the molecule is CC1(C)C[C@H](NC(=O)c2ccc(C#N)cc2)[C@]2(CCC(=O)NCc3cccnc3)CC[C@@](C)(O)C[C@@H]12. The van der Waals surface area contributed by atoms with Crippen molar-refractivity contribution in [3.8, 4) is 6.07 Å². The minimum Gasteiger partial charge on any atom is -0.390 e. The third-order valence-electron chi connectivity index (χ3n) is 8.45. The van der Waals surface area contributed by atoms with Crippen molar-refractivity contribution in [2.45, 2.75) is 77.5 Å². The van der Waals surface area contributed by atoms with Crippen molar-refractivity contribution in [3.05, 3.63) is 65.5 Å². The fourth-order valence-corrected chi connectivity index (χ4v) is 6.51. The Bertz CT molecular complexity index is 1140. The van der Waals surface area contributed by atoms with Crippen molar-refractivity contribution in [3.63, 3.8) is 0 Å². The molecule has 7 nitrogen and oxygen atoms in total. The van der Waals surface area contributed by atoms with Gasteiger partial charge in [-0.05, 0) is 91.7 Å². The zero-order valence-corrected chi connectivity index (χ0v) is 21.4. The van der Waals surface area contributed by atoms with Crippen molar-refractivity contribution in [2.75, 3.05) is 0 Å². The van der Waals surface area contributed by atoms with Gasteiger partial charge in [0, 0.05) is 37.0 Å². The highest BCUT2D eigenvalue weighted by Gasteiger charge is 2.61. The minimum absolute atomic E-state index is 0.0220. The molecule has 4 rings (SSSR count). The molecule has 1 aromatic heterocycles. The fourth-order valence-electron chi connectivity index (χ4n) is 6.51. The maximum absolute atomic E-state index is 13.2. The van der Waals surface area contributed by atoms with Crippen LogP contribution in [0.4, 0.5) is 0 Å². The van der Waals surface area contributed by atoms with Crippen molar-refractivity contribution >= 4 is 11.8 Å². The van der Waals surface area contributed by atoms with E-state index >= 15 is 0 Å². The van der Waals surface area contributed by atoms with Gasteiger partial charge in [-0.1, -0.05) is 19.9 Å². The van der Waals surface area contributed by atoms with E-state index in [1.165, 1.54) is 0 Å². The average molecular weight is 489 g/mol. The largest absolute Gasteiger partial charge is 0.390 e. The van der Waals surface area contributed by atoms with Crippen LogP contribution in [0.3, 0.4) is 0 Å². The second kappa shape index (κ2) is 10.0. The van der Waals surface area contributed by atoms with Crippen molar-refractivity contribution in [2.24, 2.45) is 16.7 Å². The molecule has 2 aliphatic carbocycles. The molecule has 2 aromatic rings. The summed E-state index contributed by atoms with van der Waals surface area (Å²) in [5.41, 5.74) is 0.850. The van der Waals surface area contributed by atoms with E-state index in [0.717, 1.165) is 18.4 Å². The quantitative estimate of drug-likeness (QED) is 0.542. The van der Waals surface area contributed by atoms with Crippen LogP contribution in [-0.2, 0) is 11.3 Å². The zero-order valence-electron chi connectivity index (χ0n) is 21.4. The van der Waals surface area contributed by atoms with E-state index in [0.29, 0.717) is 43.4 Å². The molecule has 0 spiro atoms. The monoisotopic (exact) mass is 488 g/mol. The lowest BCUT2D eigenvalue weighted by atomic mass is 9.57. The van der Waals surface area contributed by atoms with Gasteiger partial charge in [-0.25, -0.2) is 0 Å². The molecule has 2 saturated carbocycles. The van der Waals surface area contributed by atoms with Gasteiger partial charge in [0.25, 0.3) is 5.91 Å². The molecule has 36 heavy (non-hydrogen) atoms. The molecular weight excluding hydrogens is 452 g/mol. The molecular formula is C29H36N4O3. The molecule has 1 aromatic carbocycles. The Labute approximate surface area is 213 Å². The number of fused-ring (bicyclic) bond motifs is 1. The van der Waals surface area contributed by atoms with Crippen LogP contribution in [-0.4, -0.2) is 33.5 Å². The Kier molecular flexibility index (Phi) is 7.19. The Morgan fingerprint density at radius 1 is 1.14 bits per heavy atom. The number of amides is 2. The molecule has 0 radical (unpaired) electrons. The van der Waals surface area contributed by atoms with Crippen LogP contribution in [0.25, 0.3) is 0 Å². The summed E-state index contributed by atoms with van der Waals surface area (Å²) >= 11 is 0. The Hall–Kier alpha value is -3.24. The molecule has 2 amide bonds. The smallest absolute Gasteiger partial charge is 0.251 e. The van der Waals surface area contributed by atoms with Gasteiger partial charge in [-0.2, -0.15) is 5.26 Å². The predicted octanol–water partition coefficient (Wildman–Crippen LogP) is 4.12. The van der Waals surface area contributed by atoms with E-state index in [-0.39, 0.29) is 34.6 Å². The van der Waals surface area contributed by atoms with Gasteiger partial charge in [0.2, 0.25) is 5.91 Å². The van der Waals surface area contributed by atoms with Gasteiger partial charge in [0.15, 0.2) is 0 Å². The van der Waals surface area contributed by atoms with E-state index in [9.17, 15) is 14.7 Å². The number of carbonyl (C=O) groups is 2. The molecule has 0 unspecified atom stereocenters. The predicted molar refractivity (Wildman–Crippen MR) is 137 cm³/mol. The minimum atomic E-state index is -0.750. The second-order valence-electron chi connectivity index (χ2n) is 11.5. The first-order valence-electron chi connectivity index (χ1n) is 12.7. The summed E-state index contributed by atoms with van der Waals surface area (Å²) in [6.45, 7) is 6.76. The summed E-state index contributed by atoms with van der Waals surface area (Å²) in [6, 6.07) is 12.4. The molecule has 4 atom stereocenters. The summed E-state index contributed by atoms with van der Waals surface area (Å²) < 4.78 is 0. The molecule has 0 saturated heterocycles. The summed E-state index contributed by atoms with van der Waals surface area (Å²) in [7, 11) is 0. The molecule has 190 valence electrons. The third kappa shape index (κ3) is 5.44. The fraction of sp³-hybridized carbons (Fsp3) is 0.517. The number of rotatable bonds is 7. The molecule has 7 heteroatoms. The average Bonchev–Trinajstić information content (AvgIpc) is 3.07. The lowest BCUT2D eigenvalue weighted by molar-refractivity contribution is -0.123.